The fourth-order valence-electron chi connectivity index (χ4n) is 2.36. The van der Waals surface area contributed by atoms with Crippen LogP contribution >= 0.6 is 0 Å². The molecule has 17 heavy (non-hydrogen) atoms. The van der Waals surface area contributed by atoms with Crippen molar-refractivity contribution >= 4 is 21.5 Å². The van der Waals surface area contributed by atoms with Gasteiger partial charge in [-0.2, -0.15) is 0 Å². The summed E-state index contributed by atoms with van der Waals surface area (Å²) >= 11 is 0. The van der Waals surface area contributed by atoms with E-state index in [4.69, 9.17) is 0 Å². The van der Waals surface area contributed by atoms with E-state index in [0.29, 0.717) is 0 Å². The van der Waals surface area contributed by atoms with Gasteiger partial charge in [-0.3, -0.25) is 0 Å². The summed E-state index contributed by atoms with van der Waals surface area (Å²) < 4.78 is 0. The van der Waals surface area contributed by atoms with E-state index in [9.17, 15) is 0 Å². The molecule has 0 fully saturated rings. The van der Waals surface area contributed by atoms with Crippen LogP contribution in [0.2, 0.25) is 0 Å². The lowest BCUT2D eigenvalue weighted by Gasteiger charge is -2.05. The number of benzene rings is 3. The van der Waals surface area contributed by atoms with E-state index in [-0.39, 0.29) is 0 Å². The summed E-state index contributed by atoms with van der Waals surface area (Å²) in [6.07, 6.45) is 2.88. The summed E-state index contributed by atoms with van der Waals surface area (Å²) in [6, 6.07) is 19.6. The fourth-order valence-corrected chi connectivity index (χ4v) is 2.36. The largest absolute Gasteiger partial charge is 0.103 e. The van der Waals surface area contributed by atoms with Gasteiger partial charge in [0.2, 0.25) is 0 Å². The molecular formula is C17H14. The highest BCUT2D eigenvalue weighted by Crippen LogP contribution is 2.26. The van der Waals surface area contributed by atoms with Gasteiger partial charge in [-0.25, -0.2) is 0 Å². The molecule has 0 aliphatic heterocycles. The van der Waals surface area contributed by atoms with Crippen molar-refractivity contribution in [3.8, 4) is 0 Å². The van der Waals surface area contributed by atoms with Crippen LogP contribution in [0.4, 0.5) is 0 Å². The average Bonchev–Trinajstić information content (AvgIpc) is 2.39. The van der Waals surface area contributed by atoms with Crippen LogP contribution < -0.4 is 0 Å². The first-order valence-electron chi connectivity index (χ1n) is 5.90. The molecule has 0 N–H and O–H groups in total. The second kappa shape index (κ2) is 4.06. The molecule has 0 amide bonds. The molecule has 0 aliphatic carbocycles. The Bertz CT molecular complexity index is 693. The highest BCUT2D eigenvalue weighted by molar-refractivity contribution is 6.07. The smallest absolute Gasteiger partial charge is 0.00999 e. The summed E-state index contributed by atoms with van der Waals surface area (Å²) in [7, 11) is 0. The topological polar surface area (TPSA) is 0 Å². The maximum Gasteiger partial charge on any atom is -0.00999 e. The van der Waals surface area contributed by atoms with Crippen LogP contribution in [0.3, 0.4) is 0 Å². The Hall–Kier alpha value is -2.08. The van der Waals surface area contributed by atoms with Crippen LogP contribution in [-0.4, -0.2) is 0 Å². The van der Waals surface area contributed by atoms with E-state index >= 15 is 0 Å². The molecule has 3 aromatic rings. The predicted octanol–water partition coefficient (Wildman–Crippen LogP) is 4.72. The first kappa shape index (κ1) is 10.1. The van der Waals surface area contributed by atoms with Gasteiger partial charge in [0.05, 0.1) is 0 Å². The molecule has 0 unspecified atom stereocenters. The van der Waals surface area contributed by atoms with E-state index in [1.165, 1.54) is 27.1 Å². The summed E-state index contributed by atoms with van der Waals surface area (Å²) in [5, 5.41) is 5.27. The summed E-state index contributed by atoms with van der Waals surface area (Å²) in [5.74, 6) is 0. The van der Waals surface area contributed by atoms with E-state index in [1.54, 1.807) is 0 Å². The van der Waals surface area contributed by atoms with Gasteiger partial charge in [-0.05, 0) is 33.5 Å². The van der Waals surface area contributed by atoms with E-state index in [0.717, 1.165) is 6.42 Å². The van der Waals surface area contributed by atoms with Crippen LogP contribution in [0.5, 0.6) is 0 Å². The minimum absolute atomic E-state index is 0.933. The van der Waals surface area contributed by atoms with Crippen LogP contribution in [0.1, 0.15) is 5.56 Å². The molecule has 0 bridgehead atoms. The third-order valence-corrected chi connectivity index (χ3v) is 3.19. The minimum Gasteiger partial charge on any atom is -0.103 e. The lowest BCUT2D eigenvalue weighted by atomic mass is 9.99. The van der Waals surface area contributed by atoms with E-state index in [2.05, 4.69) is 61.2 Å². The van der Waals surface area contributed by atoms with Crippen LogP contribution in [-0.2, 0) is 6.42 Å². The summed E-state index contributed by atoms with van der Waals surface area (Å²) in [6.45, 7) is 3.79. The zero-order valence-electron chi connectivity index (χ0n) is 9.69. The fraction of sp³-hybridized carbons (Fsp3) is 0.0588. The zero-order valence-corrected chi connectivity index (χ0v) is 9.69. The lowest BCUT2D eigenvalue weighted by molar-refractivity contribution is 1.29. The maximum absolute atomic E-state index is 3.79. The molecule has 0 aromatic heterocycles. The van der Waals surface area contributed by atoms with Gasteiger partial charge in [0, 0.05) is 0 Å². The normalized spacial score (nSPS) is 10.8. The predicted molar refractivity (Wildman–Crippen MR) is 75.4 cm³/mol. The van der Waals surface area contributed by atoms with E-state index in [1.807, 2.05) is 6.08 Å². The molecule has 0 saturated carbocycles. The van der Waals surface area contributed by atoms with Crippen molar-refractivity contribution in [2.75, 3.05) is 0 Å². The molecule has 0 atom stereocenters. The van der Waals surface area contributed by atoms with Gasteiger partial charge in [0.1, 0.15) is 0 Å². The molecule has 0 nitrogen and oxygen atoms in total. The molecular weight excluding hydrogens is 204 g/mol. The molecule has 0 saturated heterocycles. The second-order valence-electron chi connectivity index (χ2n) is 4.33. The monoisotopic (exact) mass is 218 g/mol. The Labute approximate surface area is 101 Å². The Morgan fingerprint density at radius 3 is 2.47 bits per heavy atom. The SMILES string of the molecule is C=CCc1ccc2c(ccc3ccccc32)c1. The summed E-state index contributed by atoms with van der Waals surface area (Å²) in [4.78, 5) is 0. The van der Waals surface area contributed by atoms with E-state index < -0.39 is 0 Å². The Morgan fingerprint density at radius 2 is 1.59 bits per heavy atom. The molecule has 0 aliphatic rings. The molecule has 0 spiro atoms. The average molecular weight is 218 g/mol. The zero-order chi connectivity index (χ0) is 11.7. The number of allylic oxidation sites excluding steroid dienone is 1. The Kier molecular flexibility index (Phi) is 2.41. The molecule has 0 radical (unpaired) electrons. The van der Waals surface area contributed by atoms with Crippen LogP contribution in [0, 0.1) is 0 Å². The van der Waals surface area contributed by atoms with Crippen molar-refractivity contribution in [1.29, 1.82) is 0 Å². The number of hydrogen-bond acceptors (Lipinski definition) is 0. The maximum atomic E-state index is 3.79. The summed E-state index contributed by atoms with van der Waals surface area (Å²) in [5.41, 5.74) is 1.32. The molecule has 82 valence electrons. The number of fused-ring (bicyclic) bond motifs is 3. The minimum atomic E-state index is 0.933. The van der Waals surface area contributed by atoms with Gasteiger partial charge in [-0.1, -0.05) is 60.7 Å². The van der Waals surface area contributed by atoms with Crippen molar-refractivity contribution < 1.29 is 0 Å². The van der Waals surface area contributed by atoms with Gasteiger partial charge in [0.25, 0.3) is 0 Å². The van der Waals surface area contributed by atoms with Crippen molar-refractivity contribution in [3.05, 3.63) is 72.8 Å². The third-order valence-electron chi connectivity index (χ3n) is 3.19. The number of rotatable bonds is 2. The van der Waals surface area contributed by atoms with Crippen molar-refractivity contribution in [3.63, 3.8) is 0 Å². The van der Waals surface area contributed by atoms with Gasteiger partial charge in [0.15, 0.2) is 0 Å². The molecule has 0 heterocycles. The Morgan fingerprint density at radius 1 is 0.824 bits per heavy atom. The Balaban J connectivity index is 2.33. The molecule has 3 aromatic carbocycles. The number of hydrogen-bond donors (Lipinski definition) is 0. The third kappa shape index (κ3) is 1.72. The second-order valence-corrected chi connectivity index (χ2v) is 4.33. The van der Waals surface area contributed by atoms with Gasteiger partial charge in [-0.15, -0.1) is 6.58 Å². The van der Waals surface area contributed by atoms with Crippen molar-refractivity contribution in [1.82, 2.24) is 0 Å². The van der Waals surface area contributed by atoms with Gasteiger partial charge < -0.3 is 0 Å². The standard InChI is InChI=1S/C17H14/c1-2-5-13-8-11-17-15(12-13)10-9-14-6-3-4-7-16(14)17/h2-4,6-12H,1,5H2. The van der Waals surface area contributed by atoms with Crippen molar-refractivity contribution in [2.45, 2.75) is 6.42 Å². The first-order valence-corrected chi connectivity index (χ1v) is 5.90. The highest BCUT2D eigenvalue weighted by Gasteiger charge is 2.00. The first-order chi connectivity index (χ1) is 8.38. The van der Waals surface area contributed by atoms with Crippen LogP contribution in [0.15, 0.2) is 67.3 Å². The van der Waals surface area contributed by atoms with Crippen LogP contribution in [0.25, 0.3) is 21.5 Å². The quantitative estimate of drug-likeness (QED) is 0.431. The van der Waals surface area contributed by atoms with Gasteiger partial charge >= 0.3 is 0 Å². The molecule has 0 heteroatoms. The van der Waals surface area contributed by atoms with Crippen molar-refractivity contribution in [2.24, 2.45) is 0 Å². The molecule has 3 rings (SSSR count). The highest BCUT2D eigenvalue weighted by atomic mass is 14.0. The lowest BCUT2D eigenvalue weighted by Crippen LogP contribution is -1.82.